The molecular formula is C52H41N. The molecule has 0 radical (unpaired) electrons. The Labute approximate surface area is 313 Å². The van der Waals surface area contributed by atoms with Gasteiger partial charge in [0.2, 0.25) is 0 Å². The van der Waals surface area contributed by atoms with Crippen LogP contribution in [0.3, 0.4) is 0 Å². The summed E-state index contributed by atoms with van der Waals surface area (Å²) in [5.74, 6) is 0. The Kier molecular flexibility index (Phi) is 8.13. The highest BCUT2D eigenvalue weighted by Crippen LogP contribution is 2.60. The molecule has 8 aromatic carbocycles. The van der Waals surface area contributed by atoms with Crippen molar-refractivity contribution in [2.45, 2.75) is 24.7 Å². The lowest BCUT2D eigenvalue weighted by molar-refractivity contribution is 0.356. The van der Waals surface area contributed by atoms with E-state index >= 15 is 0 Å². The standard InChI is InChI=1S/C52H41N/c1-51(42-21-11-5-12-22-42)49-26-16-15-25-47(49)48-36-35-46(37-50(48)52(51,2)43-23-13-6-14-24-43)53(44-31-27-40(28-32-44)38-17-7-3-8-18-38)45-33-29-41(30-34-45)39-19-9-4-10-20-39/h3-37H,1-2H3. The summed E-state index contributed by atoms with van der Waals surface area (Å²) in [4.78, 5) is 2.41. The fourth-order valence-electron chi connectivity index (χ4n) is 8.76. The Morgan fingerprint density at radius 2 is 0.660 bits per heavy atom. The maximum absolute atomic E-state index is 2.47. The van der Waals surface area contributed by atoms with Crippen LogP contribution < -0.4 is 4.90 Å². The highest BCUT2D eigenvalue weighted by molar-refractivity contribution is 5.86. The lowest BCUT2D eigenvalue weighted by Gasteiger charge is -2.53. The van der Waals surface area contributed by atoms with Crippen molar-refractivity contribution in [1.82, 2.24) is 0 Å². The maximum atomic E-state index is 2.47. The number of hydrogen-bond donors (Lipinski definition) is 0. The fraction of sp³-hybridized carbons (Fsp3) is 0.0769. The molecule has 254 valence electrons. The van der Waals surface area contributed by atoms with E-state index in [1.165, 1.54) is 55.6 Å². The van der Waals surface area contributed by atoms with Crippen LogP contribution in [0.4, 0.5) is 17.1 Å². The largest absolute Gasteiger partial charge is 0.310 e. The molecule has 2 atom stereocenters. The molecule has 0 aliphatic heterocycles. The molecular weight excluding hydrogens is 639 g/mol. The summed E-state index contributed by atoms with van der Waals surface area (Å²) >= 11 is 0. The average Bonchev–Trinajstić information content (AvgIpc) is 3.24. The van der Waals surface area contributed by atoms with Crippen molar-refractivity contribution in [3.63, 3.8) is 0 Å². The highest BCUT2D eigenvalue weighted by Gasteiger charge is 2.53. The molecule has 1 aliphatic carbocycles. The molecule has 0 heterocycles. The zero-order valence-corrected chi connectivity index (χ0v) is 30.2. The van der Waals surface area contributed by atoms with Crippen LogP contribution in [0.5, 0.6) is 0 Å². The van der Waals surface area contributed by atoms with E-state index in [9.17, 15) is 0 Å². The topological polar surface area (TPSA) is 3.24 Å². The van der Waals surface area contributed by atoms with Crippen LogP contribution in [0, 0.1) is 0 Å². The summed E-state index contributed by atoms with van der Waals surface area (Å²) in [6.07, 6.45) is 0. The Hall–Kier alpha value is -6.44. The lowest BCUT2D eigenvalue weighted by Crippen LogP contribution is -2.49. The Balaban J connectivity index is 1.27. The summed E-state index contributed by atoms with van der Waals surface area (Å²) in [6.45, 7) is 4.91. The quantitative estimate of drug-likeness (QED) is 0.162. The minimum absolute atomic E-state index is 0.364. The molecule has 0 N–H and O–H groups in total. The normalized spacial score (nSPS) is 17.4. The maximum Gasteiger partial charge on any atom is 0.0465 e. The van der Waals surface area contributed by atoms with Crippen molar-refractivity contribution >= 4 is 17.1 Å². The van der Waals surface area contributed by atoms with Crippen molar-refractivity contribution in [3.05, 3.63) is 235 Å². The summed E-state index contributed by atoms with van der Waals surface area (Å²) in [5, 5.41) is 0. The van der Waals surface area contributed by atoms with Gasteiger partial charge in [0.25, 0.3) is 0 Å². The van der Waals surface area contributed by atoms with Gasteiger partial charge in [-0.3, -0.25) is 0 Å². The van der Waals surface area contributed by atoms with Gasteiger partial charge < -0.3 is 4.90 Å². The first-order valence-corrected chi connectivity index (χ1v) is 18.5. The molecule has 2 unspecified atom stereocenters. The zero-order chi connectivity index (χ0) is 35.8. The van der Waals surface area contributed by atoms with Gasteiger partial charge in [0, 0.05) is 27.9 Å². The van der Waals surface area contributed by atoms with Crippen LogP contribution in [0.1, 0.15) is 36.1 Å². The second kappa shape index (κ2) is 13.3. The average molecular weight is 680 g/mol. The zero-order valence-electron chi connectivity index (χ0n) is 30.2. The van der Waals surface area contributed by atoms with Gasteiger partial charge in [-0.2, -0.15) is 0 Å². The molecule has 0 saturated carbocycles. The molecule has 1 aliphatic rings. The van der Waals surface area contributed by atoms with E-state index in [0.717, 1.165) is 17.1 Å². The first kappa shape index (κ1) is 32.5. The Morgan fingerprint density at radius 1 is 0.302 bits per heavy atom. The smallest absolute Gasteiger partial charge is 0.0465 e. The number of anilines is 3. The van der Waals surface area contributed by atoms with Gasteiger partial charge in [-0.15, -0.1) is 0 Å². The molecule has 0 amide bonds. The first-order valence-electron chi connectivity index (χ1n) is 18.5. The second-order valence-electron chi connectivity index (χ2n) is 14.4. The molecule has 1 heteroatoms. The summed E-state index contributed by atoms with van der Waals surface area (Å²) in [6, 6.07) is 77.6. The van der Waals surface area contributed by atoms with E-state index in [0.29, 0.717) is 0 Å². The lowest BCUT2D eigenvalue weighted by atomic mass is 9.49. The predicted octanol–water partition coefficient (Wildman–Crippen LogP) is 13.8. The second-order valence-corrected chi connectivity index (χ2v) is 14.4. The van der Waals surface area contributed by atoms with Gasteiger partial charge in [0.15, 0.2) is 0 Å². The minimum Gasteiger partial charge on any atom is -0.310 e. The third kappa shape index (κ3) is 5.40. The molecule has 53 heavy (non-hydrogen) atoms. The molecule has 9 rings (SSSR count). The van der Waals surface area contributed by atoms with Gasteiger partial charge in [-0.25, -0.2) is 0 Å². The third-order valence-corrected chi connectivity index (χ3v) is 11.7. The number of benzene rings is 8. The molecule has 0 spiro atoms. The number of rotatable bonds is 7. The van der Waals surface area contributed by atoms with Crippen LogP contribution in [-0.4, -0.2) is 0 Å². The Morgan fingerprint density at radius 3 is 1.15 bits per heavy atom. The summed E-state index contributed by atoms with van der Waals surface area (Å²) in [5.41, 5.74) is 15.2. The molecule has 8 aromatic rings. The number of hydrogen-bond acceptors (Lipinski definition) is 1. The Bertz CT molecular complexity index is 2410. The van der Waals surface area contributed by atoms with Crippen LogP contribution >= 0.6 is 0 Å². The minimum atomic E-state index is -0.407. The predicted molar refractivity (Wildman–Crippen MR) is 223 cm³/mol. The van der Waals surface area contributed by atoms with Gasteiger partial charge in [-0.1, -0.05) is 190 Å². The van der Waals surface area contributed by atoms with E-state index in [-0.39, 0.29) is 5.41 Å². The number of nitrogens with zero attached hydrogens (tertiary/aromatic N) is 1. The van der Waals surface area contributed by atoms with E-state index in [2.05, 4.69) is 231 Å². The van der Waals surface area contributed by atoms with Crippen molar-refractivity contribution in [2.24, 2.45) is 0 Å². The van der Waals surface area contributed by atoms with E-state index < -0.39 is 5.41 Å². The van der Waals surface area contributed by atoms with Gasteiger partial charge in [0.05, 0.1) is 0 Å². The van der Waals surface area contributed by atoms with Gasteiger partial charge in [-0.05, 0) is 92.0 Å². The van der Waals surface area contributed by atoms with Gasteiger partial charge >= 0.3 is 0 Å². The van der Waals surface area contributed by atoms with E-state index in [1.54, 1.807) is 0 Å². The number of fused-ring (bicyclic) bond motifs is 3. The monoisotopic (exact) mass is 679 g/mol. The van der Waals surface area contributed by atoms with Gasteiger partial charge in [0.1, 0.15) is 0 Å². The van der Waals surface area contributed by atoms with E-state index in [4.69, 9.17) is 0 Å². The summed E-state index contributed by atoms with van der Waals surface area (Å²) in [7, 11) is 0. The molecule has 0 aromatic heterocycles. The van der Waals surface area contributed by atoms with Crippen LogP contribution in [-0.2, 0) is 10.8 Å². The van der Waals surface area contributed by atoms with Crippen molar-refractivity contribution in [2.75, 3.05) is 4.90 Å². The highest BCUT2D eigenvalue weighted by atomic mass is 15.1. The van der Waals surface area contributed by atoms with E-state index in [1.807, 2.05) is 0 Å². The molecule has 0 fully saturated rings. The van der Waals surface area contributed by atoms with Crippen molar-refractivity contribution < 1.29 is 0 Å². The molecule has 1 nitrogen and oxygen atoms in total. The molecule has 0 saturated heterocycles. The van der Waals surface area contributed by atoms with Crippen LogP contribution in [0.15, 0.2) is 212 Å². The fourth-order valence-corrected chi connectivity index (χ4v) is 8.76. The summed E-state index contributed by atoms with van der Waals surface area (Å²) < 4.78 is 0. The van der Waals surface area contributed by atoms with Crippen molar-refractivity contribution in [1.29, 1.82) is 0 Å². The third-order valence-electron chi connectivity index (χ3n) is 11.7. The van der Waals surface area contributed by atoms with Crippen molar-refractivity contribution in [3.8, 4) is 33.4 Å². The molecule has 0 bridgehead atoms. The van der Waals surface area contributed by atoms with Crippen LogP contribution in [0.25, 0.3) is 33.4 Å². The first-order chi connectivity index (χ1) is 26.1. The SMILES string of the molecule is CC1(c2ccccc2)c2ccccc2-c2ccc(N(c3ccc(-c4ccccc4)cc3)c3ccc(-c4ccccc4)cc3)cc2C1(C)c1ccccc1. The van der Waals surface area contributed by atoms with Crippen LogP contribution in [0.2, 0.25) is 0 Å².